The summed E-state index contributed by atoms with van der Waals surface area (Å²) in [6, 6.07) is 0. The van der Waals surface area contributed by atoms with Crippen LogP contribution < -0.4 is 0 Å². The highest BCUT2D eigenvalue weighted by molar-refractivity contribution is 7.47. The van der Waals surface area contributed by atoms with Crippen molar-refractivity contribution in [2.75, 3.05) is 39.6 Å². The second-order valence-corrected chi connectivity index (χ2v) is 27.7. The van der Waals surface area contributed by atoms with Crippen LogP contribution in [0.2, 0.25) is 0 Å². The zero-order chi connectivity index (χ0) is 73.2. The molecule has 570 valence electrons. The standard InChI is InChI=1S/C81H134O17P2/c1-5-9-13-17-21-25-29-33-36-37-40-43-46-50-54-58-62-66-79(84)92-72-77(98-81(86)68-64-60-56-52-48-44-39-35-31-27-23-19-15-11-7-3)74-96-100(89,90)94-70-75(82)69-93-99(87,88)95-73-76(97-80(85)67-63-59-55-51-47-41-32-28-24-20-16-12-8-4)71-91-78(83)65-61-57-53-49-45-42-38-34-30-26-22-18-14-10-6-2/h9,11,13,15-16,20-23,25-28,32-36,38-40,43,50,54,75-77,82H,5-8,10,12,14,17-19,24,29-31,37,41-42,44-49,51-53,55-74H2,1-4H3,(H,87,88)(H,89,90)/b13-9-,15-11-,20-16-,25-21-,26-22-,27-23-,32-28-,36-33-,38-34-,39-35-,43-40-,54-50-. The maximum Gasteiger partial charge on any atom is 0.472 e. The van der Waals surface area contributed by atoms with E-state index in [1.165, 1.54) is 19.3 Å². The van der Waals surface area contributed by atoms with Crippen LogP contribution in [0.5, 0.6) is 0 Å². The summed E-state index contributed by atoms with van der Waals surface area (Å²) in [5.74, 6) is -2.30. The van der Waals surface area contributed by atoms with E-state index < -0.39 is 97.5 Å². The second kappa shape index (κ2) is 72.3. The average Bonchev–Trinajstić information content (AvgIpc) is 1.06. The van der Waals surface area contributed by atoms with Gasteiger partial charge in [-0.05, 0) is 154 Å². The minimum absolute atomic E-state index is 0.0582. The Bertz CT molecular complexity index is 2470. The van der Waals surface area contributed by atoms with Gasteiger partial charge in [0.15, 0.2) is 12.2 Å². The molecule has 0 aromatic rings. The van der Waals surface area contributed by atoms with Crippen LogP contribution >= 0.6 is 15.6 Å². The Hall–Kier alpha value is -5.06. The normalized spacial score (nSPS) is 14.8. The zero-order valence-corrected chi connectivity index (χ0v) is 63.9. The Morgan fingerprint density at radius 2 is 0.550 bits per heavy atom. The van der Waals surface area contributed by atoms with Gasteiger partial charge in [0.05, 0.1) is 26.4 Å². The first-order chi connectivity index (χ1) is 48.7. The average molecular weight is 1440 g/mol. The quantitative estimate of drug-likeness (QED) is 0.0169. The van der Waals surface area contributed by atoms with Gasteiger partial charge < -0.3 is 33.8 Å². The Kier molecular flexibility index (Phi) is 68.6. The van der Waals surface area contributed by atoms with Gasteiger partial charge in [0.1, 0.15) is 19.3 Å². The molecule has 0 spiro atoms. The molecule has 0 aliphatic carbocycles. The molecule has 0 aromatic carbocycles. The molecule has 100 heavy (non-hydrogen) atoms. The third kappa shape index (κ3) is 71.3. The number of phosphoric ester groups is 2. The Morgan fingerprint density at radius 3 is 0.880 bits per heavy atom. The first-order valence-electron chi connectivity index (χ1n) is 38.1. The number of aliphatic hydroxyl groups excluding tert-OH is 1. The minimum Gasteiger partial charge on any atom is -0.462 e. The van der Waals surface area contributed by atoms with Crippen LogP contribution in [-0.2, 0) is 65.4 Å². The summed E-state index contributed by atoms with van der Waals surface area (Å²) in [7, 11) is -9.99. The van der Waals surface area contributed by atoms with E-state index in [1.807, 2.05) is 12.2 Å². The molecule has 5 atom stereocenters. The third-order valence-electron chi connectivity index (χ3n) is 15.2. The Morgan fingerprint density at radius 1 is 0.290 bits per heavy atom. The van der Waals surface area contributed by atoms with Gasteiger partial charge in [-0.25, -0.2) is 9.13 Å². The van der Waals surface area contributed by atoms with Crippen LogP contribution in [0.15, 0.2) is 146 Å². The molecule has 0 saturated carbocycles. The number of rotatable bonds is 70. The van der Waals surface area contributed by atoms with E-state index in [9.17, 15) is 43.2 Å². The number of hydrogen-bond donors (Lipinski definition) is 3. The van der Waals surface area contributed by atoms with Crippen LogP contribution in [0.4, 0.5) is 0 Å². The smallest absolute Gasteiger partial charge is 0.462 e. The van der Waals surface area contributed by atoms with Crippen molar-refractivity contribution in [1.29, 1.82) is 0 Å². The van der Waals surface area contributed by atoms with Crippen molar-refractivity contribution in [2.45, 2.75) is 303 Å². The zero-order valence-electron chi connectivity index (χ0n) is 62.1. The first kappa shape index (κ1) is 94.9. The molecular formula is C81H134O17P2. The van der Waals surface area contributed by atoms with Crippen molar-refractivity contribution in [1.82, 2.24) is 0 Å². The summed E-state index contributed by atoms with van der Waals surface area (Å²) in [5.41, 5.74) is 0. The van der Waals surface area contributed by atoms with Crippen molar-refractivity contribution in [3.63, 3.8) is 0 Å². The fourth-order valence-electron chi connectivity index (χ4n) is 9.51. The van der Waals surface area contributed by atoms with Crippen molar-refractivity contribution in [2.24, 2.45) is 0 Å². The SMILES string of the molecule is CC/C=C\C/C=C\C/C=C\C/C=C\C/C=C\CCCC(=O)OCC(COP(=O)(O)OCC(O)COP(=O)(O)OCC(COC(=O)CCCCCCC/C=C\C/C=C\CCCCC)OC(=O)CCCCCCC/C=C\C/C=C\CCC)OC(=O)CCCCCCC/C=C\C/C=C\C/C=C\CC. The molecule has 0 saturated heterocycles. The van der Waals surface area contributed by atoms with Gasteiger partial charge in [0.2, 0.25) is 0 Å². The number of unbranched alkanes of at least 4 members (excludes halogenated alkanes) is 20. The molecule has 0 amide bonds. The van der Waals surface area contributed by atoms with Gasteiger partial charge >= 0.3 is 39.5 Å². The number of aliphatic hydroxyl groups is 1. The number of allylic oxidation sites excluding steroid dienone is 24. The molecule has 0 rings (SSSR count). The van der Waals surface area contributed by atoms with E-state index in [0.717, 1.165) is 180 Å². The van der Waals surface area contributed by atoms with E-state index in [-0.39, 0.29) is 25.7 Å². The summed E-state index contributed by atoms with van der Waals surface area (Å²) >= 11 is 0. The Labute approximate surface area is 605 Å². The van der Waals surface area contributed by atoms with Gasteiger partial charge in [-0.2, -0.15) is 0 Å². The minimum atomic E-state index is -5.00. The molecular weight excluding hydrogens is 1310 g/mol. The number of ether oxygens (including phenoxy) is 4. The lowest BCUT2D eigenvalue weighted by Gasteiger charge is -2.21. The van der Waals surface area contributed by atoms with Gasteiger partial charge in [-0.15, -0.1) is 0 Å². The Balaban J connectivity index is 5.44. The van der Waals surface area contributed by atoms with Crippen LogP contribution in [-0.4, -0.2) is 96.7 Å². The fourth-order valence-corrected chi connectivity index (χ4v) is 11.1. The molecule has 19 heteroatoms. The largest absolute Gasteiger partial charge is 0.472 e. The summed E-state index contributed by atoms with van der Waals surface area (Å²) in [4.78, 5) is 72.8. The van der Waals surface area contributed by atoms with E-state index >= 15 is 0 Å². The van der Waals surface area contributed by atoms with E-state index in [1.54, 1.807) is 0 Å². The maximum absolute atomic E-state index is 13.1. The van der Waals surface area contributed by atoms with Gasteiger partial charge in [0, 0.05) is 25.7 Å². The van der Waals surface area contributed by atoms with Crippen LogP contribution in [0.25, 0.3) is 0 Å². The highest BCUT2D eigenvalue weighted by atomic mass is 31.2. The molecule has 0 radical (unpaired) electrons. The van der Waals surface area contributed by atoms with Crippen molar-refractivity contribution < 1.29 is 80.2 Å². The number of esters is 4. The molecule has 3 N–H and O–H groups in total. The van der Waals surface area contributed by atoms with Crippen LogP contribution in [0.3, 0.4) is 0 Å². The number of carbonyl (C=O) groups excluding carboxylic acids is 4. The lowest BCUT2D eigenvalue weighted by Crippen LogP contribution is -2.30. The number of hydrogen-bond acceptors (Lipinski definition) is 15. The van der Waals surface area contributed by atoms with E-state index in [0.29, 0.717) is 32.1 Å². The lowest BCUT2D eigenvalue weighted by molar-refractivity contribution is -0.161. The monoisotopic (exact) mass is 1440 g/mol. The molecule has 0 aliphatic heterocycles. The molecule has 0 bridgehead atoms. The first-order valence-corrected chi connectivity index (χ1v) is 41.1. The van der Waals surface area contributed by atoms with E-state index in [4.69, 9.17) is 37.0 Å². The number of phosphoric acid groups is 2. The summed E-state index contributed by atoms with van der Waals surface area (Å²) < 4.78 is 68.4. The lowest BCUT2D eigenvalue weighted by atomic mass is 10.1. The van der Waals surface area contributed by atoms with Gasteiger partial charge in [-0.1, -0.05) is 251 Å². The van der Waals surface area contributed by atoms with Crippen molar-refractivity contribution >= 4 is 39.5 Å². The van der Waals surface area contributed by atoms with Gasteiger partial charge in [0.25, 0.3) is 0 Å². The summed E-state index contributed by atoms with van der Waals surface area (Å²) in [6.45, 7) is 4.42. The molecule has 0 aromatic heterocycles. The molecule has 0 fully saturated rings. The van der Waals surface area contributed by atoms with Gasteiger partial charge in [-0.3, -0.25) is 37.3 Å². The molecule has 17 nitrogen and oxygen atoms in total. The topological polar surface area (TPSA) is 237 Å². The molecule has 0 aliphatic rings. The highest BCUT2D eigenvalue weighted by Crippen LogP contribution is 2.45. The van der Waals surface area contributed by atoms with E-state index in [2.05, 4.69) is 161 Å². The van der Waals surface area contributed by atoms with Crippen LogP contribution in [0.1, 0.15) is 285 Å². The summed E-state index contributed by atoms with van der Waals surface area (Å²) in [5, 5.41) is 10.6. The number of carbonyl (C=O) groups is 4. The molecule has 0 heterocycles. The van der Waals surface area contributed by atoms with Crippen molar-refractivity contribution in [3.8, 4) is 0 Å². The second-order valence-electron chi connectivity index (χ2n) is 24.8. The van der Waals surface area contributed by atoms with Crippen molar-refractivity contribution in [3.05, 3.63) is 146 Å². The predicted molar refractivity (Wildman–Crippen MR) is 408 cm³/mol. The maximum atomic E-state index is 13.1. The third-order valence-corrected chi connectivity index (χ3v) is 17.2. The fraction of sp³-hybridized carbons (Fsp3) is 0.654. The highest BCUT2D eigenvalue weighted by Gasteiger charge is 2.30. The summed E-state index contributed by atoms with van der Waals surface area (Å²) in [6.07, 6.45) is 81.3. The predicted octanol–water partition coefficient (Wildman–Crippen LogP) is 21.9. The van der Waals surface area contributed by atoms with Crippen LogP contribution in [0, 0.1) is 0 Å². The molecule has 5 unspecified atom stereocenters.